The van der Waals surface area contributed by atoms with E-state index in [1.165, 1.54) is 60.6 Å². The fraction of sp³-hybridized carbons (Fsp3) is 0.0769. The lowest BCUT2D eigenvalue weighted by Crippen LogP contribution is -2.23. The first-order valence-electron chi connectivity index (χ1n) is 10.5. The van der Waals surface area contributed by atoms with E-state index in [0.717, 1.165) is 11.8 Å². The molecular weight excluding hydrogens is 469 g/mol. The molecule has 1 N–H and O–H groups in total. The Bertz CT molecular complexity index is 1530. The summed E-state index contributed by atoms with van der Waals surface area (Å²) in [5.41, 5.74) is 5.43. The minimum atomic E-state index is -3.38. The molecule has 4 aromatic rings. The Hall–Kier alpha value is -4.08. The minimum absolute atomic E-state index is 0.159. The average Bonchev–Trinajstić information content (AvgIpc) is 2.85. The Morgan fingerprint density at radius 2 is 1.60 bits per heavy atom. The second-order valence-electron chi connectivity index (χ2n) is 7.70. The van der Waals surface area contributed by atoms with Gasteiger partial charge in [-0.3, -0.25) is 15.1 Å². The van der Waals surface area contributed by atoms with Crippen LogP contribution in [0.5, 0.6) is 0 Å². The van der Waals surface area contributed by atoms with E-state index in [1.807, 2.05) is 30.3 Å². The van der Waals surface area contributed by atoms with Crippen molar-refractivity contribution >= 4 is 21.7 Å². The molecule has 0 saturated carbocycles. The maximum atomic E-state index is 13.6. The van der Waals surface area contributed by atoms with Crippen LogP contribution in [0.1, 0.15) is 5.56 Å². The number of hydrogen-bond acceptors (Lipinski definition) is 6. The predicted molar refractivity (Wildman–Crippen MR) is 133 cm³/mol. The summed E-state index contributed by atoms with van der Waals surface area (Å²) in [5, 5.41) is 4.32. The predicted octanol–water partition coefficient (Wildman–Crippen LogP) is 4.23. The molecule has 1 heterocycles. The van der Waals surface area contributed by atoms with Crippen molar-refractivity contribution in [3.8, 4) is 22.3 Å². The van der Waals surface area contributed by atoms with Crippen molar-refractivity contribution in [2.45, 2.75) is 4.90 Å². The van der Waals surface area contributed by atoms with E-state index in [1.54, 1.807) is 12.1 Å². The van der Waals surface area contributed by atoms with Gasteiger partial charge in [-0.25, -0.2) is 17.5 Å². The molecule has 0 aliphatic heterocycles. The summed E-state index contributed by atoms with van der Waals surface area (Å²) in [5.74, 6) is -0.433. The molecule has 4 rings (SSSR count). The first-order chi connectivity index (χ1) is 16.8. The van der Waals surface area contributed by atoms with Crippen molar-refractivity contribution in [3.05, 3.63) is 107 Å². The maximum absolute atomic E-state index is 13.6. The molecule has 0 fully saturated rings. The van der Waals surface area contributed by atoms with Gasteiger partial charge in [0.15, 0.2) is 9.84 Å². The number of hydroxylamine groups is 1. The molecule has 0 aliphatic rings. The molecule has 0 bridgehead atoms. The van der Waals surface area contributed by atoms with Gasteiger partial charge in [-0.05, 0) is 35.4 Å². The molecule has 0 unspecified atom stereocenters. The Labute approximate surface area is 202 Å². The number of rotatable bonds is 7. The Kier molecular flexibility index (Phi) is 6.90. The minimum Gasteiger partial charge on any atom is -0.279 e. The molecule has 178 valence electrons. The van der Waals surface area contributed by atoms with Crippen molar-refractivity contribution < 1.29 is 17.6 Å². The molecule has 0 radical (unpaired) electrons. The zero-order valence-corrected chi connectivity index (χ0v) is 19.8. The van der Waals surface area contributed by atoms with Crippen LogP contribution in [0.4, 0.5) is 4.39 Å². The third kappa shape index (κ3) is 5.37. The first-order valence-corrected chi connectivity index (χ1v) is 12.4. The van der Waals surface area contributed by atoms with Crippen LogP contribution >= 0.6 is 0 Å². The summed E-state index contributed by atoms with van der Waals surface area (Å²) < 4.78 is 38.5. The average molecular weight is 492 g/mol. The van der Waals surface area contributed by atoms with E-state index >= 15 is 0 Å². The van der Waals surface area contributed by atoms with Crippen LogP contribution < -0.4 is 11.0 Å². The highest BCUT2D eigenvalue weighted by molar-refractivity contribution is 7.90. The number of halogens is 1. The SMILES string of the molecule is CONC(=Cn1ncc(-c2ccc(S(C)(=O)=O)cc2)c(-c2ccc(F)cc2)c1=O)c1ccccc1. The lowest BCUT2D eigenvalue weighted by molar-refractivity contribution is 0.137. The molecule has 9 heteroatoms. The van der Waals surface area contributed by atoms with Crippen LogP contribution in [-0.2, 0) is 14.7 Å². The molecule has 35 heavy (non-hydrogen) atoms. The van der Waals surface area contributed by atoms with Crippen LogP contribution in [0.15, 0.2) is 94.7 Å². The number of sulfone groups is 1. The van der Waals surface area contributed by atoms with Crippen molar-refractivity contribution in [2.24, 2.45) is 0 Å². The number of benzene rings is 3. The van der Waals surface area contributed by atoms with Crippen molar-refractivity contribution in [2.75, 3.05) is 13.4 Å². The fourth-order valence-corrected chi connectivity index (χ4v) is 4.19. The molecule has 0 atom stereocenters. The van der Waals surface area contributed by atoms with E-state index in [0.29, 0.717) is 22.4 Å². The lowest BCUT2D eigenvalue weighted by Gasteiger charge is -2.13. The zero-order chi connectivity index (χ0) is 25.0. The standard InChI is InChI=1S/C26H22FN3O4S/c1-34-29-24(19-6-4-3-5-7-19)17-30-26(31)25(20-8-12-21(27)13-9-20)23(16-28-30)18-10-14-22(15-11-18)35(2,32)33/h3-17,29H,1-2H3. The molecule has 0 saturated heterocycles. The summed E-state index contributed by atoms with van der Waals surface area (Å²) in [6, 6.07) is 21.0. The van der Waals surface area contributed by atoms with Gasteiger partial charge in [-0.1, -0.05) is 54.6 Å². The molecular formula is C26H22FN3O4S. The van der Waals surface area contributed by atoms with Crippen LogP contribution in [0, 0.1) is 5.82 Å². The van der Waals surface area contributed by atoms with Gasteiger partial charge in [0.1, 0.15) is 5.82 Å². The summed E-state index contributed by atoms with van der Waals surface area (Å²) >= 11 is 0. The summed E-state index contributed by atoms with van der Waals surface area (Å²) in [6.45, 7) is 0. The van der Waals surface area contributed by atoms with Gasteiger partial charge in [0.25, 0.3) is 5.56 Å². The summed E-state index contributed by atoms with van der Waals surface area (Å²) in [7, 11) is -1.92. The molecule has 7 nitrogen and oxygen atoms in total. The largest absolute Gasteiger partial charge is 0.279 e. The number of hydrogen-bond donors (Lipinski definition) is 1. The van der Waals surface area contributed by atoms with Gasteiger partial charge >= 0.3 is 0 Å². The Morgan fingerprint density at radius 1 is 0.971 bits per heavy atom. The van der Waals surface area contributed by atoms with Crippen LogP contribution in [-0.4, -0.2) is 31.6 Å². The van der Waals surface area contributed by atoms with Crippen molar-refractivity contribution in [1.29, 1.82) is 0 Å². The highest BCUT2D eigenvalue weighted by Crippen LogP contribution is 2.30. The van der Waals surface area contributed by atoms with E-state index in [9.17, 15) is 17.6 Å². The maximum Gasteiger partial charge on any atom is 0.279 e. The fourth-order valence-electron chi connectivity index (χ4n) is 3.56. The van der Waals surface area contributed by atoms with Gasteiger partial charge in [-0.15, -0.1) is 0 Å². The number of nitrogens with zero attached hydrogens (tertiary/aromatic N) is 2. The van der Waals surface area contributed by atoms with Gasteiger partial charge in [-0.2, -0.15) is 5.10 Å². The molecule has 0 amide bonds. The Morgan fingerprint density at radius 3 is 2.20 bits per heavy atom. The smallest absolute Gasteiger partial charge is 0.279 e. The highest BCUT2D eigenvalue weighted by atomic mass is 32.2. The van der Waals surface area contributed by atoms with Crippen LogP contribution in [0.25, 0.3) is 34.2 Å². The lowest BCUT2D eigenvalue weighted by atomic mass is 9.97. The first kappa shape index (κ1) is 24.1. The quantitative estimate of drug-likeness (QED) is 0.389. The molecule has 3 aromatic carbocycles. The number of aromatic nitrogens is 2. The highest BCUT2D eigenvalue weighted by Gasteiger charge is 2.16. The van der Waals surface area contributed by atoms with Gasteiger partial charge in [0, 0.05) is 17.4 Å². The van der Waals surface area contributed by atoms with Gasteiger partial charge in [0.2, 0.25) is 0 Å². The summed E-state index contributed by atoms with van der Waals surface area (Å²) in [6.07, 6.45) is 4.14. The number of nitrogens with one attached hydrogen (secondary N) is 1. The van der Waals surface area contributed by atoms with Crippen LogP contribution in [0.3, 0.4) is 0 Å². The second kappa shape index (κ2) is 10.0. The molecule has 1 aromatic heterocycles. The van der Waals surface area contributed by atoms with E-state index in [-0.39, 0.29) is 10.5 Å². The van der Waals surface area contributed by atoms with Crippen molar-refractivity contribution in [1.82, 2.24) is 15.3 Å². The van der Waals surface area contributed by atoms with E-state index in [4.69, 9.17) is 4.84 Å². The van der Waals surface area contributed by atoms with Gasteiger partial charge in [0.05, 0.1) is 35.7 Å². The monoisotopic (exact) mass is 491 g/mol. The topological polar surface area (TPSA) is 90.3 Å². The summed E-state index contributed by atoms with van der Waals surface area (Å²) in [4.78, 5) is 18.9. The third-order valence-corrected chi connectivity index (χ3v) is 6.41. The van der Waals surface area contributed by atoms with Gasteiger partial charge < -0.3 is 0 Å². The normalized spacial score (nSPS) is 11.9. The van der Waals surface area contributed by atoms with E-state index in [2.05, 4.69) is 10.6 Å². The molecule has 0 spiro atoms. The second-order valence-corrected chi connectivity index (χ2v) is 9.72. The Balaban J connectivity index is 1.91. The zero-order valence-electron chi connectivity index (χ0n) is 19.0. The molecule has 0 aliphatic carbocycles. The van der Waals surface area contributed by atoms with Crippen LogP contribution in [0.2, 0.25) is 0 Å². The third-order valence-electron chi connectivity index (χ3n) is 5.28. The van der Waals surface area contributed by atoms with Crippen molar-refractivity contribution in [3.63, 3.8) is 0 Å². The van der Waals surface area contributed by atoms with E-state index < -0.39 is 21.2 Å².